The van der Waals surface area contributed by atoms with Gasteiger partial charge >= 0.3 is 0 Å². The van der Waals surface area contributed by atoms with Gasteiger partial charge in [-0.25, -0.2) is 9.98 Å². The summed E-state index contributed by atoms with van der Waals surface area (Å²) in [5.41, 5.74) is 39.0. The third kappa shape index (κ3) is 25.6. The molecule has 2 rings (SSSR count). The first kappa shape index (κ1) is 66.2. The van der Waals surface area contributed by atoms with Crippen LogP contribution < -0.4 is 77.4 Å². The maximum Gasteiger partial charge on any atom is 0.269 e. The van der Waals surface area contributed by atoms with Gasteiger partial charge in [-0.2, -0.15) is 0 Å². The SMILES string of the molecule is NCCCCNC(=O)[C@H](CCCCN)NC(=O)/C(=C/CCN=C(N)N)NC(=O)[C@H](CCCCN)NC(=O)[C@H](Cc1cnc[nH]1)NC(=O)[C@@H]1CCCN1C(=O)C(CCCN)=NC(=O)CNC(=O)[C@H](CO)NC(=O)C[C@@H](O)CN. The summed E-state index contributed by atoms with van der Waals surface area (Å²) in [4.78, 5) is 138. The van der Waals surface area contributed by atoms with Crippen LogP contribution in [-0.2, 0) is 49.6 Å². The first-order valence-corrected chi connectivity index (χ1v) is 25.9. The minimum absolute atomic E-state index is 0.0337. The summed E-state index contributed by atoms with van der Waals surface area (Å²) in [6.45, 7) is -0.239. The van der Waals surface area contributed by atoms with E-state index in [9.17, 15) is 53.4 Å². The quantitative estimate of drug-likeness (QED) is 0.0127. The number of carbonyl (C=O) groups excluding carboxylic acids is 9. The van der Waals surface area contributed by atoms with Crippen LogP contribution in [0, 0.1) is 0 Å². The van der Waals surface area contributed by atoms with Crippen LogP contribution in [0.2, 0.25) is 0 Å². The number of guanidine groups is 1. The number of nitrogens with one attached hydrogen (secondary N) is 8. The van der Waals surface area contributed by atoms with E-state index in [1.807, 2.05) is 0 Å². The largest absolute Gasteiger partial charge is 0.394 e. The van der Waals surface area contributed by atoms with E-state index in [4.69, 9.17) is 40.1 Å². The number of aromatic nitrogens is 2. The number of aliphatic hydroxyl groups excluding tert-OH is 2. The van der Waals surface area contributed by atoms with Crippen LogP contribution in [0.1, 0.15) is 95.6 Å². The number of unbranched alkanes of at least 4 members (excludes halogenated alkanes) is 3. The molecular formula is C47H83N19O11. The van der Waals surface area contributed by atoms with E-state index in [2.05, 4.69) is 57.2 Å². The summed E-state index contributed by atoms with van der Waals surface area (Å²) in [6, 6.07) is -6.35. The minimum Gasteiger partial charge on any atom is -0.394 e. The number of hydrogen-bond donors (Lipinski definition) is 17. The van der Waals surface area contributed by atoms with Crippen molar-refractivity contribution in [2.45, 2.75) is 133 Å². The Bertz CT molecular complexity index is 2140. The monoisotopic (exact) mass is 1090 g/mol. The number of likely N-dealkylation sites (tertiary alicyclic amines) is 1. The van der Waals surface area contributed by atoms with Crippen LogP contribution in [0.5, 0.6) is 0 Å². The summed E-state index contributed by atoms with van der Waals surface area (Å²) in [5, 5.41) is 37.3. The van der Waals surface area contributed by atoms with Crippen molar-refractivity contribution < 1.29 is 53.4 Å². The number of carbonyl (C=O) groups is 9. The van der Waals surface area contributed by atoms with E-state index in [-0.39, 0.29) is 95.0 Å². The molecule has 1 aliphatic heterocycles. The van der Waals surface area contributed by atoms with Gasteiger partial charge in [-0.3, -0.25) is 48.1 Å². The molecular weight excluding hydrogens is 1010 g/mol. The zero-order valence-corrected chi connectivity index (χ0v) is 43.8. The van der Waals surface area contributed by atoms with Gasteiger partial charge in [0.1, 0.15) is 41.6 Å². The lowest BCUT2D eigenvalue weighted by Crippen LogP contribution is -2.57. The van der Waals surface area contributed by atoms with Gasteiger partial charge in [0.2, 0.25) is 35.4 Å². The van der Waals surface area contributed by atoms with Gasteiger partial charge in [0.25, 0.3) is 17.7 Å². The average Bonchev–Trinajstić information content (AvgIpc) is 4.13. The lowest BCUT2D eigenvalue weighted by Gasteiger charge is -2.28. The van der Waals surface area contributed by atoms with Crippen molar-refractivity contribution in [2.75, 3.05) is 65.5 Å². The second kappa shape index (κ2) is 37.7. The topological polar surface area (TPSA) is 517 Å². The third-order valence-corrected chi connectivity index (χ3v) is 11.8. The second-order valence-corrected chi connectivity index (χ2v) is 18.1. The highest BCUT2D eigenvalue weighted by Crippen LogP contribution is 2.20. The zero-order valence-electron chi connectivity index (χ0n) is 43.8. The Kier molecular flexibility index (Phi) is 32.4. The highest BCUT2D eigenvalue weighted by molar-refractivity contribution is 6.40. The molecule has 0 aliphatic carbocycles. The molecule has 0 aromatic carbocycles. The third-order valence-electron chi connectivity index (χ3n) is 11.8. The molecule has 2 heterocycles. The molecule has 0 bridgehead atoms. The summed E-state index contributed by atoms with van der Waals surface area (Å²) in [7, 11) is 0. The molecule has 0 spiro atoms. The normalized spacial score (nSPS) is 15.5. The molecule has 0 radical (unpaired) electrons. The maximum absolute atomic E-state index is 14.4. The molecule has 0 unspecified atom stereocenters. The van der Waals surface area contributed by atoms with Crippen molar-refractivity contribution in [1.82, 2.24) is 52.1 Å². The molecule has 30 nitrogen and oxygen atoms in total. The number of imidazole rings is 1. The predicted octanol–water partition coefficient (Wildman–Crippen LogP) is -6.82. The van der Waals surface area contributed by atoms with E-state index in [0.29, 0.717) is 70.3 Å². The van der Waals surface area contributed by atoms with E-state index in [0.717, 1.165) is 0 Å². The van der Waals surface area contributed by atoms with Crippen LogP contribution in [-0.4, -0.2) is 192 Å². The van der Waals surface area contributed by atoms with Crippen LogP contribution in [0.15, 0.2) is 34.3 Å². The summed E-state index contributed by atoms with van der Waals surface area (Å²) >= 11 is 0. The Labute approximate surface area is 447 Å². The molecule has 9 amide bonds. The molecule has 1 saturated heterocycles. The van der Waals surface area contributed by atoms with E-state index < -0.39 is 109 Å². The number of amides is 9. The molecule has 0 saturated carbocycles. The second-order valence-electron chi connectivity index (χ2n) is 18.1. The fourth-order valence-electron chi connectivity index (χ4n) is 7.70. The summed E-state index contributed by atoms with van der Waals surface area (Å²) in [6.07, 6.45) is 6.51. The van der Waals surface area contributed by atoms with Crippen LogP contribution in [0.3, 0.4) is 0 Å². The summed E-state index contributed by atoms with van der Waals surface area (Å²) in [5.74, 6) is -7.35. The highest BCUT2D eigenvalue weighted by Gasteiger charge is 2.38. The van der Waals surface area contributed by atoms with E-state index in [1.54, 1.807) is 0 Å². The van der Waals surface area contributed by atoms with Crippen LogP contribution in [0.4, 0.5) is 0 Å². The van der Waals surface area contributed by atoms with Gasteiger partial charge in [0.05, 0.1) is 32.0 Å². The Morgan fingerprint density at radius 2 is 1.43 bits per heavy atom. The van der Waals surface area contributed by atoms with Crippen molar-refractivity contribution in [2.24, 2.45) is 50.1 Å². The van der Waals surface area contributed by atoms with Crippen molar-refractivity contribution in [3.63, 3.8) is 0 Å². The fourth-order valence-corrected chi connectivity index (χ4v) is 7.70. The molecule has 77 heavy (non-hydrogen) atoms. The van der Waals surface area contributed by atoms with Gasteiger partial charge in [0.15, 0.2) is 5.96 Å². The van der Waals surface area contributed by atoms with Crippen LogP contribution >= 0.6 is 0 Å². The van der Waals surface area contributed by atoms with Crippen molar-refractivity contribution in [1.29, 1.82) is 0 Å². The predicted molar refractivity (Wildman–Crippen MR) is 284 cm³/mol. The zero-order chi connectivity index (χ0) is 57.1. The number of nitrogens with zero attached hydrogens (tertiary/aromatic N) is 4. The summed E-state index contributed by atoms with van der Waals surface area (Å²) < 4.78 is 0. The number of hydrogen-bond acceptors (Lipinski definition) is 18. The molecule has 1 aliphatic rings. The molecule has 1 aromatic rings. The highest BCUT2D eigenvalue weighted by atomic mass is 16.3. The van der Waals surface area contributed by atoms with E-state index in [1.165, 1.54) is 23.5 Å². The number of aromatic amines is 1. The fraction of sp³-hybridized carbons (Fsp3) is 0.660. The number of aliphatic hydroxyl groups is 2. The number of nitrogens with two attached hydrogens (primary N) is 7. The Morgan fingerprint density at radius 1 is 0.779 bits per heavy atom. The number of H-pyrrole nitrogens is 1. The van der Waals surface area contributed by atoms with E-state index >= 15 is 0 Å². The standard InChI is InChI=1S/C47H83N19O11/c48-15-3-1-10-31(40(71)56-19-6-5-17-50)62-43(74)33(13-8-20-57-47(53)54)63-42(73)32(11-2-4-16-49)64-44(75)35(22-29-25-55-28-59-29)65-45(76)37-14-9-21-66(37)46(77)34(12-7-18-51)60-39(70)26-58-41(72)36(27-67)61-38(69)23-30(68)24-52/h13,25,28,30-32,35-37,67-68H,1-12,14-24,26-27,48-52H2,(H,55,59)(H,56,71)(H,58,72)(H,61,69)(H,62,74)(H,63,73)(H,64,75)(H,65,76)(H4,53,54,57)/b33-13-,60-34?/t30-,31+,32+,35+,36+,37+/m1/s1. The van der Waals surface area contributed by atoms with Gasteiger partial charge in [-0.15, -0.1) is 0 Å². The molecule has 30 heteroatoms. The average molecular weight is 1090 g/mol. The van der Waals surface area contributed by atoms with Crippen LogP contribution in [0.25, 0.3) is 0 Å². The lowest BCUT2D eigenvalue weighted by atomic mass is 10.1. The minimum atomic E-state index is -1.49. The first-order valence-electron chi connectivity index (χ1n) is 25.9. The molecule has 24 N–H and O–H groups in total. The maximum atomic E-state index is 14.4. The lowest BCUT2D eigenvalue weighted by molar-refractivity contribution is -0.136. The number of rotatable bonds is 38. The smallest absolute Gasteiger partial charge is 0.269 e. The van der Waals surface area contributed by atoms with Crippen molar-refractivity contribution in [3.05, 3.63) is 30.0 Å². The van der Waals surface area contributed by atoms with Gasteiger partial charge in [-0.1, -0.05) is 6.08 Å². The van der Waals surface area contributed by atoms with Gasteiger partial charge in [0, 0.05) is 44.5 Å². The van der Waals surface area contributed by atoms with Crippen molar-refractivity contribution >= 4 is 64.8 Å². The first-order chi connectivity index (χ1) is 36.9. The molecule has 1 aromatic heterocycles. The Hall–Kier alpha value is -6.96. The Morgan fingerprint density at radius 3 is 2.04 bits per heavy atom. The van der Waals surface area contributed by atoms with Gasteiger partial charge in [-0.05, 0) is 110 Å². The Balaban J connectivity index is 2.40. The molecule has 432 valence electrons. The van der Waals surface area contributed by atoms with Gasteiger partial charge < -0.3 is 97.5 Å². The van der Waals surface area contributed by atoms with Crippen molar-refractivity contribution in [3.8, 4) is 0 Å². The molecule has 1 fully saturated rings. The molecule has 6 atom stereocenters. The number of aliphatic imine (C=N–C) groups is 2.